The molecule has 2 N–H and O–H groups in total. The second-order valence-electron chi connectivity index (χ2n) is 10.6. The summed E-state index contributed by atoms with van der Waals surface area (Å²) in [6.45, 7) is 0.466. The summed E-state index contributed by atoms with van der Waals surface area (Å²) in [5, 5.41) is 12.1. The van der Waals surface area contributed by atoms with E-state index in [1.54, 1.807) is 24.3 Å². The minimum atomic E-state index is -0.721. The smallest absolute Gasteiger partial charge is 0.306 e. The van der Waals surface area contributed by atoms with Crippen LogP contribution in [-0.4, -0.2) is 35.4 Å². The maximum absolute atomic E-state index is 12.7. The Kier molecular flexibility index (Phi) is 7.40. The lowest BCUT2D eigenvalue weighted by Gasteiger charge is -2.26. The molecule has 3 aliphatic rings. The zero-order valence-electron chi connectivity index (χ0n) is 20.7. The van der Waals surface area contributed by atoms with Gasteiger partial charge in [-0.2, -0.15) is 0 Å². The first-order chi connectivity index (χ1) is 17.5. The van der Waals surface area contributed by atoms with Crippen molar-refractivity contribution in [1.82, 2.24) is 5.32 Å². The normalized spacial score (nSPS) is 21.6. The summed E-state index contributed by atoms with van der Waals surface area (Å²) in [6.07, 6.45) is 8.72. The van der Waals surface area contributed by atoms with Crippen molar-refractivity contribution < 1.29 is 24.2 Å². The van der Waals surface area contributed by atoms with E-state index in [0.717, 1.165) is 18.4 Å². The molecule has 1 amide bonds. The number of benzene rings is 2. The van der Waals surface area contributed by atoms with Gasteiger partial charge in [0, 0.05) is 24.1 Å². The predicted octanol–water partition coefficient (Wildman–Crippen LogP) is 5.86. The molecule has 6 nitrogen and oxygen atoms in total. The van der Waals surface area contributed by atoms with Crippen LogP contribution in [0.15, 0.2) is 42.5 Å². The molecule has 3 fully saturated rings. The SMILES string of the molecule is O=C(CCCNC(=O)c1ccc(C2CC2)c(C2CC2)c1)c1ccc(OC2CCC(C(=O)O)CC2)cc1. The lowest BCUT2D eigenvalue weighted by molar-refractivity contribution is -0.143. The quantitative estimate of drug-likeness (QED) is 0.305. The molecule has 6 heteroatoms. The topological polar surface area (TPSA) is 92.7 Å². The molecule has 0 unspecified atom stereocenters. The van der Waals surface area contributed by atoms with Crippen LogP contribution in [0.1, 0.15) is 108 Å². The number of nitrogens with one attached hydrogen (secondary N) is 1. The molecular formula is C30H35NO5. The second kappa shape index (κ2) is 10.9. The number of rotatable bonds is 11. The Morgan fingerprint density at radius 1 is 0.806 bits per heavy atom. The van der Waals surface area contributed by atoms with E-state index < -0.39 is 5.97 Å². The second-order valence-corrected chi connectivity index (χ2v) is 10.6. The van der Waals surface area contributed by atoms with Crippen molar-refractivity contribution in [1.29, 1.82) is 0 Å². The Bertz CT molecular complexity index is 1110. The van der Waals surface area contributed by atoms with E-state index in [1.807, 2.05) is 6.07 Å². The number of hydrogen-bond acceptors (Lipinski definition) is 4. The summed E-state index contributed by atoms with van der Waals surface area (Å²) in [5.41, 5.74) is 4.18. The minimum absolute atomic E-state index is 0.0241. The maximum Gasteiger partial charge on any atom is 0.306 e. The van der Waals surface area contributed by atoms with Gasteiger partial charge in [-0.25, -0.2) is 0 Å². The summed E-state index contributed by atoms with van der Waals surface area (Å²) < 4.78 is 5.98. The van der Waals surface area contributed by atoms with Crippen molar-refractivity contribution in [3.8, 4) is 5.75 Å². The first kappa shape index (κ1) is 24.5. The number of carbonyl (C=O) groups is 3. The number of carboxylic acid groups (broad SMARTS) is 1. The van der Waals surface area contributed by atoms with E-state index >= 15 is 0 Å². The molecule has 0 radical (unpaired) electrons. The van der Waals surface area contributed by atoms with Gasteiger partial charge in [0.2, 0.25) is 0 Å². The highest BCUT2D eigenvalue weighted by Gasteiger charge is 2.33. The van der Waals surface area contributed by atoms with E-state index in [-0.39, 0.29) is 23.7 Å². The molecule has 0 bridgehead atoms. The van der Waals surface area contributed by atoms with E-state index in [4.69, 9.17) is 9.84 Å². The zero-order chi connectivity index (χ0) is 25.1. The van der Waals surface area contributed by atoms with Crippen LogP contribution in [-0.2, 0) is 4.79 Å². The molecular weight excluding hydrogens is 454 g/mol. The molecule has 2 aromatic rings. The van der Waals surface area contributed by atoms with Gasteiger partial charge in [-0.15, -0.1) is 0 Å². The average molecular weight is 490 g/mol. The van der Waals surface area contributed by atoms with Crippen LogP contribution in [0.5, 0.6) is 5.75 Å². The molecule has 0 atom stereocenters. The fraction of sp³-hybridized carbons (Fsp3) is 0.500. The molecule has 0 heterocycles. The monoisotopic (exact) mass is 489 g/mol. The molecule has 190 valence electrons. The zero-order valence-corrected chi connectivity index (χ0v) is 20.7. The minimum Gasteiger partial charge on any atom is -0.490 e. The van der Waals surface area contributed by atoms with Crippen LogP contribution in [0.2, 0.25) is 0 Å². The van der Waals surface area contributed by atoms with Crippen molar-refractivity contribution in [3.05, 3.63) is 64.7 Å². The van der Waals surface area contributed by atoms with Crippen molar-refractivity contribution in [2.75, 3.05) is 6.54 Å². The Morgan fingerprint density at radius 3 is 2.08 bits per heavy atom. The first-order valence-corrected chi connectivity index (χ1v) is 13.4. The van der Waals surface area contributed by atoms with Gasteiger partial charge >= 0.3 is 5.97 Å². The Balaban J connectivity index is 1.04. The highest BCUT2D eigenvalue weighted by atomic mass is 16.5. The fourth-order valence-corrected chi connectivity index (χ4v) is 5.27. The van der Waals surface area contributed by atoms with Crippen molar-refractivity contribution in [2.24, 2.45) is 5.92 Å². The van der Waals surface area contributed by atoms with Gasteiger partial charge in [0.05, 0.1) is 12.0 Å². The lowest BCUT2D eigenvalue weighted by atomic mass is 9.87. The van der Waals surface area contributed by atoms with Gasteiger partial charge in [0.15, 0.2) is 5.78 Å². The van der Waals surface area contributed by atoms with Gasteiger partial charge < -0.3 is 15.2 Å². The van der Waals surface area contributed by atoms with Crippen LogP contribution in [0.25, 0.3) is 0 Å². The van der Waals surface area contributed by atoms with Crippen molar-refractivity contribution >= 4 is 17.7 Å². The Morgan fingerprint density at radius 2 is 1.44 bits per heavy atom. The first-order valence-electron chi connectivity index (χ1n) is 13.4. The van der Waals surface area contributed by atoms with E-state index in [1.165, 1.54) is 36.8 Å². The Labute approximate surface area is 212 Å². The third kappa shape index (κ3) is 6.15. The molecule has 3 aliphatic carbocycles. The van der Waals surface area contributed by atoms with Gasteiger partial charge in [-0.1, -0.05) is 6.07 Å². The van der Waals surface area contributed by atoms with Crippen LogP contribution >= 0.6 is 0 Å². The molecule has 0 aromatic heterocycles. The lowest BCUT2D eigenvalue weighted by Crippen LogP contribution is -2.27. The number of amides is 1. The molecule has 2 aromatic carbocycles. The highest BCUT2D eigenvalue weighted by Crippen LogP contribution is 2.49. The molecule has 0 saturated heterocycles. The van der Waals surface area contributed by atoms with Crippen LogP contribution in [0.3, 0.4) is 0 Å². The molecule has 5 rings (SSSR count). The van der Waals surface area contributed by atoms with Gasteiger partial charge in [-0.05, 0) is 117 Å². The van der Waals surface area contributed by atoms with Crippen LogP contribution in [0.4, 0.5) is 0 Å². The highest BCUT2D eigenvalue weighted by molar-refractivity contribution is 5.96. The third-order valence-electron chi connectivity index (χ3n) is 7.75. The van der Waals surface area contributed by atoms with Gasteiger partial charge in [0.1, 0.15) is 5.75 Å². The number of Topliss-reactive ketones (excluding diaryl/α,β-unsaturated/α-hetero) is 1. The van der Waals surface area contributed by atoms with E-state index in [9.17, 15) is 14.4 Å². The summed E-state index contributed by atoms with van der Waals surface area (Å²) in [5.74, 6) is 1.03. The molecule has 3 saturated carbocycles. The summed E-state index contributed by atoms with van der Waals surface area (Å²) in [4.78, 5) is 36.3. The average Bonchev–Trinajstić information content (AvgIpc) is 3.80. The number of ketones is 1. The number of carbonyl (C=O) groups excluding carboxylic acids is 2. The number of carboxylic acids is 1. The standard InChI is InChI=1S/C30H35NO5/c32-28(21-7-12-24(13-8-21)36-25-14-9-22(10-15-25)30(34)35)2-1-17-31-29(33)23-11-16-26(19-3-4-19)27(18-23)20-5-6-20/h7-8,11-13,16,18-20,22,25H,1-6,9-10,14-15,17H2,(H,31,33)(H,34,35). The number of ether oxygens (including phenoxy) is 1. The summed E-state index contributed by atoms with van der Waals surface area (Å²) in [7, 11) is 0. The van der Waals surface area contributed by atoms with Crippen LogP contribution in [0, 0.1) is 5.92 Å². The van der Waals surface area contributed by atoms with E-state index in [0.29, 0.717) is 55.4 Å². The summed E-state index contributed by atoms with van der Waals surface area (Å²) >= 11 is 0. The molecule has 0 spiro atoms. The number of aliphatic carboxylic acids is 1. The van der Waals surface area contributed by atoms with Crippen LogP contribution < -0.4 is 10.1 Å². The molecule has 0 aliphatic heterocycles. The van der Waals surface area contributed by atoms with Gasteiger partial charge in [0.25, 0.3) is 5.91 Å². The molecule has 36 heavy (non-hydrogen) atoms. The predicted molar refractivity (Wildman–Crippen MR) is 137 cm³/mol. The maximum atomic E-state index is 12.7. The number of hydrogen-bond donors (Lipinski definition) is 2. The summed E-state index contributed by atoms with van der Waals surface area (Å²) in [6, 6.07) is 13.4. The van der Waals surface area contributed by atoms with Crippen molar-refractivity contribution in [3.63, 3.8) is 0 Å². The fourth-order valence-electron chi connectivity index (χ4n) is 5.27. The van der Waals surface area contributed by atoms with Crippen molar-refractivity contribution in [2.45, 2.75) is 82.1 Å². The Hall–Kier alpha value is -3.15. The third-order valence-corrected chi connectivity index (χ3v) is 7.75. The van der Waals surface area contributed by atoms with Gasteiger partial charge in [-0.3, -0.25) is 14.4 Å². The largest absolute Gasteiger partial charge is 0.490 e. The van der Waals surface area contributed by atoms with E-state index in [2.05, 4.69) is 17.4 Å².